The normalized spacial score (nSPS) is 18.7. The lowest BCUT2D eigenvalue weighted by molar-refractivity contribution is -0.144. The average molecular weight is 338 g/mol. The van der Waals surface area contributed by atoms with Crippen LogP contribution in [0.5, 0.6) is 0 Å². The van der Waals surface area contributed by atoms with E-state index < -0.39 is 36.3 Å². The lowest BCUT2D eigenvalue weighted by Crippen LogP contribution is -2.48. The van der Waals surface area contributed by atoms with Crippen molar-refractivity contribution in [3.8, 4) is 0 Å². The number of carbonyl (C=O) groups is 5. The lowest BCUT2D eigenvalue weighted by Gasteiger charge is -2.17. The van der Waals surface area contributed by atoms with Gasteiger partial charge in [-0.1, -0.05) is 26.7 Å². The number of rotatable bonds is 5. The predicted molar refractivity (Wildman–Crippen MR) is 82.6 cm³/mol. The standard InChI is InChI=1S/C15H22N4O5/c1-9(2)7-18-12(21)13(22)19(15(18)24)8-11(20)17-14(23)16-10-5-3-4-6-10/h9-10H,3-8H2,1-2H3,(H2,16,17,20,23). The molecule has 7 amide bonds. The molecule has 2 fully saturated rings. The zero-order chi connectivity index (χ0) is 17.9. The van der Waals surface area contributed by atoms with Crippen molar-refractivity contribution in [2.24, 2.45) is 5.92 Å². The zero-order valence-electron chi connectivity index (χ0n) is 13.8. The molecule has 24 heavy (non-hydrogen) atoms. The molecule has 1 aliphatic carbocycles. The zero-order valence-corrected chi connectivity index (χ0v) is 13.8. The van der Waals surface area contributed by atoms with E-state index in [1.165, 1.54) is 0 Å². The topological polar surface area (TPSA) is 116 Å². The van der Waals surface area contributed by atoms with Crippen LogP contribution in [-0.2, 0) is 14.4 Å². The van der Waals surface area contributed by atoms with Crippen molar-refractivity contribution in [3.05, 3.63) is 0 Å². The summed E-state index contributed by atoms with van der Waals surface area (Å²) in [7, 11) is 0. The van der Waals surface area contributed by atoms with Gasteiger partial charge in [-0.2, -0.15) is 0 Å². The molecule has 0 bridgehead atoms. The first kappa shape index (κ1) is 17.9. The third-order valence-electron chi connectivity index (χ3n) is 3.93. The maximum Gasteiger partial charge on any atom is 0.334 e. The van der Waals surface area contributed by atoms with Crippen molar-refractivity contribution in [3.63, 3.8) is 0 Å². The number of imide groups is 3. The molecule has 1 saturated carbocycles. The van der Waals surface area contributed by atoms with Crippen LogP contribution in [0.3, 0.4) is 0 Å². The third kappa shape index (κ3) is 4.09. The fraction of sp³-hybridized carbons (Fsp3) is 0.667. The van der Waals surface area contributed by atoms with Crippen LogP contribution in [0.4, 0.5) is 9.59 Å². The van der Waals surface area contributed by atoms with E-state index in [0.717, 1.165) is 30.6 Å². The average Bonchev–Trinajstić information content (AvgIpc) is 3.06. The van der Waals surface area contributed by atoms with Gasteiger partial charge in [0.2, 0.25) is 5.91 Å². The fourth-order valence-corrected chi connectivity index (χ4v) is 2.82. The second-order valence-electron chi connectivity index (χ2n) is 6.49. The Morgan fingerprint density at radius 3 is 2.25 bits per heavy atom. The van der Waals surface area contributed by atoms with Crippen molar-refractivity contribution < 1.29 is 24.0 Å². The number of amides is 7. The molecule has 0 radical (unpaired) electrons. The van der Waals surface area contributed by atoms with E-state index in [9.17, 15) is 24.0 Å². The molecular weight excluding hydrogens is 316 g/mol. The van der Waals surface area contributed by atoms with Crippen LogP contribution in [0.2, 0.25) is 0 Å². The minimum atomic E-state index is -1.05. The largest absolute Gasteiger partial charge is 0.335 e. The van der Waals surface area contributed by atoms with Crippen LogP contribution in [0, 0.1) is 5.92 Å². The Kier molecular flexibility index (Phi) is 5.53. The summed E-state index contributed by atoms with van der Waals surface area (Å²) in [6, 6.07) is -1.45. The molecule has 0 aromatic carbocycles. The highest BCUT2D eigenvalue weighted by molar-refractivity contribution is 6.45. The molecule has 9 nitrogen and oxygen atoms in total. The Morgan fingerprint density at radius 1 is 1.08 bits per heavy atom. The monoisotopic (exact) mass is 338 g/mol. The van der Waals surface area contributed by atoms with Gasteiger partial charge in [-0.3, -0.25) is 24.6 Å². The molecule has 0 aromatic heterocycles. The number of hydrogen-bond acceptors (Lipinski definition) is 5. The van der Waals surface area contributed by atoms with E-state index >= 15 is 0 Å². The minimum absolute atomic E-state index is 0.00309. The Bertz CT molecular complexity index is 568. The minimum Gasteiger partial charge on any atom is -0.335 e. The van der Waals surface area contributed by atoms with E-state index in [1.54, 1.807) is 13.8 Å². The number of nitrogens with one attached hydrogen (secondary N) is 2. The number of hydrogen-bond donors (Lipinski definition) is 2. The molecule has 2 N–H and O–H groups in total. The molecule has 2 aliphatic rings. The molecule has 1 saturated heterocycles. The molecule has 132 valence electrons. The molecule has 9 heteroatoms. The van der Waals surface area contributed by atoms with E-state index in [1.807, 2.05) is 0 Å². The number of nitrogens with zero attached hydrogens (tertiary/aromatic N) is 2. The molecule has 0 spiro atoms. The molecular formula is C15H22N4O5. The highest BCUT2D eigenvalue weighted by Gasteiger charge is 2.45. The summed E-state index contributed by atoms with van der Waals surface area (Å²) in [6.07, 6.45) is 3.79. The van der Waals surface area contributed by atoms with Gasteiger partial charge in [0.1, 0.15) is 6.54 Å². The van der Waals surface area contributed by atoms with Crippen LogP contribution < -0.4 is 10.6 Å². The lowest BCUT2D eigenvalue weighted by atomic mass is 10.2. The Hall–Kier alpha value is -2.45. The van der Waals surface area contributed by atoms with Gasteiger partial charge in [0.25, 0.3) is 0 Å². The molecule has 0 aromatic rings. The van der Waals surface area contributed by atoms with Gasteiger partial charge in [-0.15, -0.1) is 0 Å². The van der Waals surface area contributed by atoms with Gasteiger partial charge in [0.05, 0.1) is 0 Å². The summed E-state index contributed by atoms with van der Waals surface area (Å²) in [4.78, 5) is 60.7. The van der Waals surface area contributed by atoms with Crippen molar-refractivity contribution in [1.82, 2.24) is 20.4 Å². The summed E-state index contributed by atoms with van der Waals surface area (Å²) in [5.74, 6) is -2.81. The Labute approximate surface area is 139 Å². The molecule has 0 unspecified atom stereocenters. The van der Waals surface area contributed by atoms with Gasteiger partial charge >= 0.3 is 23.9 Å². The second-order valence-corrected chi connectivity index (χ2v) is 6.49. The first-order valence-electron chi connectivity index (χ1n) is 8.07. The molecule has 1 heterocycles. The predicted octanol–water partition coefficient (Wildman–Crippen LogP) is 0.202. The number of carbonyl (C=O) groups excluding carboxylic acids is 5. The van der Waals surface area contributed by atoms with Crippen molar-refractivity contribution in [2.75, 3.05) is 13.1 Å². The van der Waals surface area contributed by atoms with Crippen molar-refractivity contribution >= 4 is 29.8 Å². The maximum atomic E-state index is 12.1. The smallest absolute Gasteiger partial charge is 0.334 e. The van der Waals surface area contributed by atoms with Gasteiger partial charge in [0.15, 0.2) is 0 Å². The second kappa shape index (κ2) is 7.41. The van der Waals surface area contributed by atoms with Gasteiger partial charge in [0, 0.05) is 12.6 Å². The Morgan fingerprint density at radius 2 is 1.67 bits per heavy atom. The summed E-state index contributed by atoms with van der Waals surface area (Å²) >= 11 is 0. The molecule has 0 atom stereocenters. The van der Waals surface area contributed by atoms with E-state index in [-0.39, 0.29) is 18.5 Å². The van der Waals surface area contributed by atoms with Crippen molar-refractivity contribution in [1.29, 1.82) is 0 Å². The van der Waals surface area contributed by atoms with Crippen LogP contribution in [0.15, 0.2) is 0 Å². The SMILES string of the molecule is CC(C)CN1C(=O)C(=O)N(CC(=O)NC(=O)NC2CCCC2)C1=O. The van der Waals surface area contributed by atoms with Gasteiger partial charge in [-0.25, -0.2) is 14.5 Å². The molecule has 2 rings (SSSR count). The quantitative estimate of drug-likeness (QED) is 0.549. The van der Waals surface area contributed by atoms with Crippen molar-refractivity contribution in [2.45, 2.75) is 45.6 Å². The van der Waals surface area contributed by atoms with Crippen LogP contribution >= 0.6 is 0 Å². The highest BCUT2D eigenvalue weighted by atomic mass is 16.2. The summed E-state index contributed by atoms with van der Waals surface area (Å²) < 4.78 is 0. The first-order chi connectivity index (χ1) is 11.3. The summed E-state index contributed by atoms with van der Waals surface area (Å²) in [5, 5.41) is 4.74. The first-order valence-corrected chi connectivity index (χ1v) is 8.07. The van der Waals surface area contributed by atoms with Crippen LogP contribution in [0.25, 0.3) is 0 Å². The highest BCUT2D eigenvalue weighted by Crippen LogP contribution is 2.17. The third-order valence-corrected chi connectivity index (χ3v) is 3.93. The number of urea groups is 2. The Balaban J connectivity index is 1.88. The summed E-state index contributed by atoms with van der Waals surface area (Å²) in [5.41, 5.74) is 0. The van der Waals surface area contributed by atoms with Gasteiger partial charge < -0.3 is 5.32 Å². The van der Waals surface area contributed by atoms with Crippen LogP contribution in [-0.4, -0.2) is 58.7 Å². The van der Waals surface area contributed by atoms with E-state index in [2.05, 4.69) is 10.6 Å². The van der Waals surface area contributed by atoms with E-state index in [0.29, 0.717) is 4.90 Å². The maximum absolute atomic E-state index is 12.1. The van der Waals surface area contributed by atoms with Gasteiger partial charge in [-0.05, 0) is 18.8 Å². The molecule has 1 aliphatic heterocycles. The fourth-order valence-electron chi connectivity index (χ4n) is 2.82. The summed E-state index contributed by atoms with van der Waals surface area (Å²) in [6.45, 7) is 3.04. The van der Waals surface area contributed by atoms with Crippen LogP contribution in [0.1, 0.15) is 39.5 Å². The van der Waals surface area contributed by atoms with E-state index in [4.69, 9.17) is 0 Å².